The maximum Gasteiger partial charge on any atom is 0.191 e. The van der Waals surface area contributed by atoms with Crippen LogP contribution in [0.2, 0.25) is 0 Å². The van der Waals surface area contributed by atoms with Gasteiger partial charge in [-0.05, 0) is 12.1 Å². The average Bonchev–Trinajstić information content (AvgIpc) is 2.89. The molecule has 1 heterocycles. The van der Waals surface area contributed by atoms with E-state index in [1.807, 2.05) is 18.2 Å². The molecule has 0 unspecified atom stereocenters. The molecule has 3 N–H and O–H groups in total. The lowest BCUT2D eigenvalue weighted by Gasteiger charge is -2.09. The van der Waals surface area contributed by atoms with Gasteiger partial charge in [0.25, 0.3) is 0 Å². The van der Waals surface area contributed by atoms with Gasteiger partial charge in [0.1, 0.15) is 0 Å². The first kappa shape index (κ1) is 17.5. The molecule has 5 nitrogen and oxygen atoms in total. The Morgan fingerprint density at radius 3 is 2.86 bits per heavy atom. The monoisotopic (exact) mass is 415 g/mol. The van der Waals surface area contributed by atoms with Gasteiger partial charge >= 0.3 is 0 Å². The SMILES string of the molecule is C#CCNC(=NC)NCCNc1nc2ccccc2s1.I. The first-order chi connectivity index (χ1) is 9.83. The molecule has 7 heteroatoms. The number of hydrogen-bond donors (Lipinski definition) is 3. The fourth-order valence-corrected chi connectivity index (χ4v) is 2.54. The molecular weight excluding hydrogens is 397 g/mol. The maximum absolute atomic E-state index is 5.18. The number of terminal acetylenes is 1. The molecule has 0 bridgehead atoms. The molecule has 1 aromatic carbocycles. The van der Waals surface area contributed by atoms with Gasteiger partial charge in [0.2, 0.25) is 0 Å². The number of nitrogens with one attached hydrogen (secondary N) is 3. The number of fused-ring (bicyclic) bond motifs is 1. The molecule has 0 saturated heterocycles. The molecule has 1 aromatic heterocycles. The molecule has 0 fully saturated rings. The van der Waals surface area contributed by atoms with Gasteiger partial charge in [-0.15, -0.1) is 30.4 Å². The van der Waals surface area contributed by atoms with E-state index in [0.29, 0.717) is 12.5 Å². The summed E-state index contributed by atoms with van der Waals surface area (Å²) in [6, 6.07) is 8.10. The minimum atomic E-state index is 0. The van der Waals surface area contributed by atoms with Crippen molar-refractivity contribution in [3.63, 3.8) is 0 Å². The van der Waals surface area contributed by atoms with Crippen LogP contribution in [0.25, 0.3) is 10.2 Å². The molecule has 0 spiro atoms. The third-order valence-electron chi connectivity index (χ3n) is 2.57. The van der Waals surface area contributed by atoms with E-state index >= 15 is 0 Å². The molecule has 2 aromatic rings. The van der Waals surface area contributed by atoms with E-state index in [1.165, 1.54) is 4.70 Å². The van der Waals surface area contributed by atoms with Crippen LogP contribution in [0.15, 0.2) is 29.3 Å². The summed E-state index contributed by atoms with van der Waals surface area (Å²) in [5.41, 5.74) is 1.03. The standard InChI is InChI=1S/C14H17N5S.HI/c1-3-8-16-13(15-2)17-9-10-18-14-19-11-6-4-5-7-12(11)20-14;/h1,4-7H,8-10H2,2H3,(H,18,19)(H2,15,16,17);1H. The molecule has 0 radical (unpaired) electrons. The normalized spacial score (nSPS) is 10.6. The highest BCUT2D eigenvalue weighted by molar-refractivity contribution is 14.0. The summed E-state index contributed by atoms with van der Waals surface area (Å²) >= 11 is 1.65. The van der Waals surface area contributed by atoms with Crippen molar-refractivity contribution >= 4 is 56.6 Å². The highest BCUT2D eigenvalue weighted by Gasteiger charge is 2.01. The van der Waals surface area contributed by atoms with Crippen molar-refractivity contribution in [1.29, 1.82) is 0 Å². The third-order valence-corrected chi connectivity index (χ3v) is 3.56. The molecule has 0 aliphatic carbocycles. The summed E-state index contributed by atoms with van der Waals surface area (Å²) in [5, 5.41) is 10.4. The highest BCUT2D eigenvalue weighted by atomic mass is 127. The van der Waals surface area contributed by atoms with Gasteiger partial charge in [-0.1, -0.05) is 29.4 Å². The Kier molecular flexibility index (Phi) is 7.85. The Morgan fingerprint density at radius 1 is 1.33 bits per heavy atom. The second kappa shape index (κ2) is 9.41. The number of anilines is 1. The Morgan fingerprint density at radius 2 is 2.14 bits per heavy atom. The van der Waals surface area contributed by atoms with E-state index in [1.54, 1.807) is 18.4 Å². The number of hydrogen-bond acceptors (Lipinski definition) is 4. The van der Waals surface area contributed by atoms with E-state index in [2.05, 4.69) is 37.9 Å². The van der Waals surface area contributed by atoms with E-state index in [9.17, 15) is 0 Å². The van der Waals surface area contributed by atoms with Crippen LogP contribution in [0.1, 0.15) is 0 Å². The quantitative estimate of drug-likeness (QED) is 0.230. The lowest BCUT2D eigenvalue weighted by atomic mass is 10.3. The molecule has 2 rings (SSSR count). The second-order valence-corrected chi connectivity index (χ2v) is 5.00. The van der Waals surface area contributed by atoms with Crippen LogP contribution in [0.5, 0.6) is 0 Å². The number of para-hydroxylation sites is 1. The van der Waals surface area contributed by atoms with Crippen LogP contribution in [-0.2, 0) is 0 Å². The Bertz CT molecular complexity index is 599. The zero-order chi connectivity index (χ0) is 14.2. The number of thiazole rings is 1. The average molecular weight is 415 g/mol. The van der Waals surface area contributed by atoms with Crippen molar-refractivity contribution in [3.05, 3.63) is 24.3 Å². The van der Waals surface area contributed by atoms with Crippen molar-refractivity contribution < 1.29 is 0 Å². The number of aliphatic imine (C=N–C) groups is 1. The second-order valence-electron chi connectivity index (χ2n) is 3.97. The smallest absolute Gasteiger partial charge is 0.191 e. The van der Waals surface area contributed by atoms with Crippen LogP contribution < -0.4 is 16.0 Å². The zero-order valence-electron chi connectivity index (χ0n) is 11.7. The molecule has 21 heavy (non-hydrogen) atoms. The van der Waals surface area contributed by atoms with E-state index in [4.69, 9.17) is 6.42 Å². The summed E-state index contributed by atoms with van der Waals surface area (Å²) in [7, 11) is 1.72. The summed E-state index contributed by atoms with van der Waals surface area (Å²) < 4.78 is 1.19. The zero-order valence-corrected chi connectivity index (χ0v) is 14.9. The number of rotatable bonds is 5. The first-order valence-electron chi connectivity index (χ1n) is 6.31. The van der Waals surface area contributed by atoms with Crippen molar-refractivity contribution in [2.45, 2.75) is 0 Å². The largest absolute Gasteiger partial charge is 0.360 e. The Balaban J connectivity index is 0.00000220. The van der Waals surface area contributed by atoms with Crippen LogP contribution in [-0.4, -0.2) is 37.6 Å². The first-order valence-corrected chi connectivity index (χ1v) is 7.12. The lowest BCUT2D eigenvalue weighted by molar-refractivity contribution is 0.852. The number of guanidine groups is 1. The van der Waals surface area contributed by atoms with Crippen molar-refractivity contribution in [2.75, 3.05) is 32.0 Å². The summed E-state index contributed by atoms with van der Waals surface area (Å²) in [6.07, 6.45) is 5.18. The fraction of sp³-hybridized carbons (Fsp3) is 0.286. The van der Waals surface area contributed by atoms with Crippen molar-refractivity contribution in [1.82, 2.24) is 15.6 Å². The highest BCUT2D eigenvalue weighted by Crippen LogP contribution is 2.24. The summed E-state index contributed by atoms with van der Waals surface area (Å²) in [6.45, 7) is 1.96. The van der Waals surface area contributed by atoms with Crippen molar-refractivity contribution in [2.24, 2.45) is 4.99 Å². The van der Waals surface area contributed by atoms with Gasteiger partial charge in [-0.2, -0.15) is 0 Å². The predicted molar refractivity (Wildman–Crippen MR) is 102 cm³/mol. The molecule has 0 aliphatic heterocycles. The predicted octanol–water partition coefficient (Wildman–Crippen LogP) is 2.12. The van der Waals surface area contributed by atoms with Crippen LogP contribution in [0, 0.1) is 12.3 Å². The lowest BCUT2D eigenvalue weighted by Crippen LogP contribution is -2.39. The van der Waals surface area contributed by atoms with Gasteiger partial charge in [0.05, 0.1) is 16.8 Å². The topological polar surface area (TPSA) is 61.3 Å². The van der Waals surface area contributed by atoms with Gasteiger partial charge < -0.3 is 16.0 Å². The third kappa shape index (κ3) is 5.40. The summed E-state index contributed by atoms with van der Waals surface area (Å²) in [4.78, 5) is 8.57. The molecular formula is C14H18IN5S. The van der Waals surface area contributed by atoms with Gasteiger partial charge in [-0.3, -0.25) is 4.99 Å². The molecule has 0 aliphatic rings. The molecule has 0 amide bonds. The van der Waals surface area contributed by atoms with Crippen molar-refractivity contribution in [3.8, 4) is 12.3 Å². The van der Waals surface area contributed by atoms with Gasteiger partial charge in [-0.25, -0.2) is 4.98 Å². The minimum absolute atomic E-state index is 0. The van der Waals surface area contributed by atoms with Crippen LogP contribution >= 0.6 is 35.3 Å². The number of aromatic nitrogens is 1. The minimum Gasteiger partial charge on any atom is -0.360 e. The van der Waals surface area contributed by atoms with E-state index in [-0.39, 0.29) is 24.0 Å². The number of benzene rings is 1. The number of nitrogens with zero attached hydrogens (tertiary/aromatic N) is 2. The van der Waals surface area contributed by atoms with Crippen LogP contribution in [0.4, 0.5) is 5.13 Å². The van der Waals surface area contributed by atoms with Gasteiger partial charge in [0, 0.05) is 20.1 Å². The maximum atomic E-state index is 5.18. The van der Waals surface area contributed by atoms with Gasteiger partial charge in [0.15, 0.2) is 11.1 Å². The molecule has 0 atom stereocenters. The molecule has 112 valence electrons. The number of halogens is 1. The Labute approximate surface area is 145 Å². The Hall–Kier alpha value is -1.53. The van der Waals surface area contributed by atoms with Crippen LogP contribution in [0.3, 0.4) is 0 Å². The summed E-state index contributed by atoms with van der Waals surface area (Å²) in [5.74, 6) is 3.21. The molecule has 0 saturated carbocycles. The fourth-order valence-electron chi connectivity index (χ4n) is 1.65. The van der Waals surface area contributed by atoms with E-state index in [0.717, 1.165) is 23.7 Å². The van der Waals surface area contributed by atoms with E-state index < -0.39 is 0 Å².